The van der Waals surface area contributed by atoms with Gasteiger partial charge in [-0.15, -0.1) is 12.4 Å². The molecule has 0 aliphatic heterocycles. The van der Waals surface area contributed by atoms with Gasteiger partial charge in [-0.05, 0) is 18.0 Å². The van der Waals surface area contributed by atoms with Crippen LogP contribution in [0.1, 0.15) is 19.2 Å². The quantitative estimate of drug-likeness (QED) is 0.722. The SMILES string of the molecule is CCNCCNC(=O)CCc1nc(-c2ccsc2)no1.Cl. The summed E-state index contributed by atoms with van der Waals surface area (Å²) < 4.78 is 5.13. The van der Waals surface area contributed by atoms with E-state index in [1.165, 1.54) is 0 Å². The zero-order valence-corrected chi connectivity index (χ0v) is 13.4. The number of carbonyl (C=O) groups excluding carboxylic acids is 1. The molecule has 2 heterocycles. The minimum atomic E-state index is -0.00168. The standard InChI is InChI=1S/C13H18N4O2S.ClH/c1-2-14-6-7-15-11(18)3-4-12-16-13(17-19-12)10-5-8-20-9-10;/h5,8-9,14H,2-4,6-7H2,1H3,(H,15,18);1H. The number of thiophene rings is 1. The van der Waals surface area contributed by atoms with E-state index < -0.39 is 0 Å². The molecule has 0 bridgehead atoms. The monoisotopic (exact) mass is 330 g/mol. The van der Waals surface area contributed by atoms with Crippen molar-refractivity contribution in [3.05, 3.63) is 22.7 Å². The second-order valence-electron chi connectivity index (χ2n) is 4.23. The minimum Gasteiger partial charge on any atom is -0.355 e. The van der Waals surface area contributed by atoms with Crippen molar-refractivity contribution in [2.45, 2.75) is 19.8 Å². The number of amides is 1. The normalized spacial score (nSPS) is 10.1. The van der Waals surface area contributed by atoms with Crippen molar-refractivity contribution in [3.63, 3.8) is 0 Å². The Morgan fingerprint density at radius 3 is 3.00 bits per heavy atom. The van der Waals surface area contributed by atoms with E-state index in [1.54, 1.807) is 11.3 Å². The highest BCUT2D eigenvalue weighted by Crippen LogP contribution is 2.18. The lowest BCUT2D eigenvalue weighted by atomic mass is 10.3. The van der Waals surface area contributed by atoms with Crippen LogP contribution in [0.3, 0.4) is 0 Å². The van der Waals surface area contributed by atoms with Crippen molar-refractivity contribution in [1.29, 1.82) is 0 Å². The predicted molar refractivity (Wildman–Crippen MR) is 84.7 cm³/mol. The van der Waals surface area contributed by atoms with Gasteiger partial charge in [-0.25, -0.2) is 0 Å². The Balaban J connectivity index is 0.00000220. The zero-order valence-electron chi connectivity index (χ0n) is 11.8. The Hall–Kier alpha value is -1.44. The van der Waals surface area contributed by atoms with Crippen LogP contribution in [-0.4, -0.2) is 35.7 Å². The first kappa shape index (κ1) is 17.6. The molecule has 8 heteroatoms. The average molecular weight is 331 g/mol. The Labute approximate surface area is 133 Å². The maximum absolute atomic E-state index is 11.6. The van der Waals surface area contributed by atoms with Gasteiger partial charge in [0.1, 0.15) is 0 Å². The summed E-state index contributed by atoms with van der Waals surface area (Å²) >= 11 is 1.58. The van der Waals surface area contributed by atoms with Crippen LogP contribution in [0.25, 0.3) is 11.4 Å². The molecule has 0 aromatic carbocycles. The average Bonchev–Trinajstić information content (AvgIpc) is 3.11. The lowest BCUT2D eigenvalue weighted by Crippen LogP contribution is -2.31. The molecule has 1 amide bonds. The van der Waals surface area contributed by atoms with Crippen molar-refractivity contribution < 1.29 is 9.32 Å². The van der Waals surface area contributed by atoms with Gasteiger partial charge >= 0.3 is 0 Å². The number of nitrogens with one attached hydrogen (secondary N) is 2. The maximum Gasteiger partial charge on any atom is 0.227 e. The molecule has 6 nitrogen and oxygen atoms in total. The largest absolute Gasteiger partial charge is 0.355 e. The molecule has 0 radical (unpaired) electrons. The van der Waals surface area contributed by atoms with Gasteiger partial charge < -0.3 is 15.2 Å². The molecule has 0 saturated heterocycles. The Morgan fingerprint density at radius 1 is 1.43 bits per heavy atom. The second kappa shape index (κ2) is 9.49. The van der Waals surface area contributed by atoms with Crippen molar-refractivity contribution in [1.82, 2.24) is 20.8 Å². The lowest BCUT2D eigenvalue weighted by Gasteiger charge is -2.03. The fourth-order valence-corrected chi connectivity index (χ4v) is 2.28. The van der Waals surface area contributed by atoms with Gasteiger partial charge in [0.15, 0.2) is 0 Å². The van der Waals surface area contributed by atoms with E-state index in [2.05, 4.69) is 20.8 Å². The lowest BCUT2D eigenvalue weighted by molar-refractivity contribution is -0.121. The number of hydrogen-bond donors (Lipinski definition) is 2. The van der Waals surface area contributed by atoms with Crippen LogP contribution in [0.15, 0.2) is 21.3 Å². The van der Waals surface area contributed by atoms with E-state index in [-0.39, 0.29) is 18.3 Å². The highest BCUT2D eigenvalue weighted by molar-refractivity contribution is 7.08. The van der Waals surface area contributed by atoms with Gasteiger partial charge in [0, 0.05) is 36.9 Å². The number of hydrogen-bond acceptors (Lipinski definition) is 6. The van der Waals surface area contributed by atoms with Crippen molar-refractivity contribution in [2.75, 3.05) is 19.6 Å². The molecule has 2 rings (SSSR count). The molecule has 0 spiro atoms. The molecule has 0 aliphatic rings. The summed E-state index contributed by atoms with van der Waals surface area (Å²) in [6.07, 6.45) is 0.821. The van der Waals surface area contributed by atoms with E-state index in [9.17, 15) is 4.79 Å². The number of rotatable bonds is 8. The van der Waals surface area contributed by atoms with Crippen LogP contribution in [0, 0.1) is 0 Å². The summed E-state index contributed by atoms with van der Waals surface area (Å²) in [6, 6.07) is 1.94. The molecular weight excluding hydrogens is 312 g/mol. The highest BCUT2D eigenvalue weighted by Gasteiger charge is 2.10. The van der Waals surface area contributed by atoms with Gasteiger partial charge in [-0.3, -0.25) is 4.79 Å². The molecule has 2 aromatic rings. The summed E-state index contributed by atoms with van der Waals surface area (Å²) in [5.41, 5.74) is 0.945. The van der Waals surface area contributed by atoms with Gasteiger partial charge in [0.05, 0.1) is 0 Å². The van der Waals surface area contributed by atoms with E-state index in [1.807, 2.05) is 23.8 Å². The molecular formula is C13H19ClN4O2S. The molecule has 0 aliphatic carbocycles. The first-order valence-corrected chi connectivity index (χ1v) is 7.56. The number of nitrogens with zero attached hydrogens (tertiary/aromatic N) is 2. The van der Waals surface area contributed by atoms with Crippen molar-refractivity contribution in [2.24, 2.45) is 0 Å². The Bertz CT molecular complexity index is 530. The summed E-state index contributed by atoms with van der Waals surface area (Å²) in [7, 11) is 0. The van der Waals surface area contributed by atoms with E-state index in [0.717, 1.165) is 18.7 Å². The third-order valence-corrected chi connectivity index (χ3v) is 3.37. The van der Waals surface area contributed by atoms with E-state index in [4.69, 9.17) is 4.52 Å². The third-order valence-electron chi connectivity index (χ3n) is 2.69. The van der Waals surface area contributed by atoms with Gasteiger partial charge in [0.2, 0.25) is 17.6 Å². The number of aromatic nitrogens is 2. The van der Waals surface area contributed by atoms with E-state index in [0.29, 0.717) is 31.1 Å². The third kappa shape index (κ3) is 5.82. The Morgan fingerprint density at radius 2 is 2.29 bits per heavy atom. The van der Waals surface area contributed by atoms with Gasteiger partial charge in [-0.2, -0.15) is 16.3 Å². The highest BCUT2D eigenvalue weighted by atomic mass is 35.5. The summed E-state index contributed by atoms with van der Waals surface area (Å²) in [5, 5.41) is 13.8. The number of halogens is 1. The van der Waals surface area contributed by atoms with Crippen LogP contribution < -0.4 is 10.6 Å². The molecule has 21 heavy (non-hydrogen) atoms. The molecule has 0 unspecified atom stereocenters. The van der Waals surface area contributed by atoms with Crippen LogP contribution in [-0.2, 0) is 11.2 Å². The van der Waals surface area contributed by atoms with Crippen LogP contribution in [0.4, 0.5) is 0 Å². The van der Waals surface area contributed by atoms with Crippen LogP contribution in [0.5, 0.6) is 0 Å². The molecule has 0 fully saturated rings. The first-order valence-electron chi connectivity index (χ1n) is 6.62. The van der Waals surface area contributed by atoms with Gasteiger partial charge in [0.25, 0.3) is 0 Å². The predicted octanol–water partition coefficient (Wildman–Crippen LogP) is 1.88. The van der Waals surface area contributed by atoms with Crippen LogP contribution >= 0.6 is 23.7 Å². The molecule has 116 valence electrons. The van der Waals surface area contributed by atoms with Crippen molar-refractivity contribution >= 4 is 29.7 Å². The zero-order chi connectivity index (χ0) is 14.2. The van der Waals surface area contributed by atoms with E-state index >= 15 is 0 Å². The maximum atomic E-state index is 11.6. The molecule has 0 atom stereocenters. The fourth-order valence-electron chi connectivity index (χ4n) is 1.64. The second-order valence-corrected chi connectivity index (χ2v) is 5.01. The number of aryl methyl sites for hydroxylation is 1. The minimum absolute atomic E-state index is 0. The fraction of sp³-hybridized carbons (Fsp3) is 0.462. The smallest absolute Gasteiger partial charge is 0.227 e. The van der Waals surface area contributed by atoms with Gasteiger partial charge in [-0.1, -0.05) is 12.1 Å². The molecule has 2 aromatic heterocycles. The van der Waals surface area contributed by atoms with Crippen molar-refractivity contribution in [3.8, 4) is 11.4 Å². The first-order chi connectivity index (χ1) is 9.79. The molecule has 0 saturated carbocycles. The molecule has 2 N–H and O–H groups in total. The summed E-state index contributed by atoms with van der Waals surface area (Å²) in [4.78, 5) is 15.9. The number of likely N-dealkylation sites (N-methyl/N-ethyl adjacent to an activating group) is 1. The summed E-state index contributed by atoms with van der Waals surface area (Å²) in [5.74, 6) is 1.07. The summed E-state index contributed by atoms with van der Waals surface area (Å²) in [6.45, 7) is 4.35. The topological polar surface area (TPSA) is 80.0 Å². The Kier molecular flexibility index (Phi) is 7.96. The number of carbonyl (C=O) groups is 1. The van der Waals surface area contributed by atoms with Crippen LogP contribution in [0.2, 0.25) is 0 Å².